The molecule has 9 aromatic carbocycles. The lowest BCUT2D eigenvalue weighted by molar-refractivity contribution is 1.11. The van der Waals surface area contributed by atoms with E-state index in [1.54, 1.807) is 0 Å². The molecule has 0 N–H and O–H groups in total. The molecule has 0 atom stereocenters. The summed E-state index contributed by atoms with van der Waals surface area (Å²) in [5.41, 5.74) is 16.4. The summed E-state index contributed by atoms with van der Waals surface area (Å²) in [6.45, 7) is 7.63. The molecule has 0 saturated heterocycles. The number of hydrogen-bond acceptors (Lipinski definition) is 1. The molecular weight excluding hydrogens is 805 g/mol. The molecule has 0 saturated carbocycles. The number of rotatable bonds is 6. The zero-order valence-electron chi connectivity index (χ0n) is 35.5. The van der Waals surface area contributed by atoms with Crippen molar-refractivity contribution >= 4 is 71.1 Å². The molecule has 0 amide bonds. The van der Waals surface area contributed by atoms with Crippen LogP contribution in [0.15, 0.2) is 218 Å². The third kappa shape index (κ3) is 5.66. The Kier molecular flexibility index (Phi) is 8.24. The van der Waals surface area contributed by atoms with Crippen LogP contribution in [0.5, 0.6) is 0 Å². The summed E-state index contributed by atoms with van der Waals surface area (Å²) in [7, 11) is 0. The maximum absolute atomic E-state index is 9.69. The first-order chi connectivity index (χ1) is 32.6. The van der Waals surface area contributed by atoms with Crippen LogP contribution >= 0.6 is 0 Å². The molecule has 0 aliphatic carbocycles. The van der Waals surface area contributed by atoms with Gasteiger partial charge in [-0.05, 0) is 120 Å². The van der Waals surface area contributed by atoms with Crippen LogP contribution in [0.3, 0.4) is 0 Å². The first kappa shape index (κ1) is 37.2. The second-order valence-corrected chi connectivity index (χ2v) is 16.8. The van der Waals surface area contributed by atoms with Gasteiger partial charge in [0.05, 0.1) is 62.7 Å². The summed E-state index contributed by atoms with van der Waals surface area (Å²) < 4.78 is 9.38. The molecule has 0 unspecified atom stereocenters. The number of nitriles is 1. The summed E-state index contributed by atoms with van der Waals surface area (Å²) in [6.07, 6.45) is 0. The molecule has 0 aliphatic rings. The molecule has 13 aromatic rings. The Morgan fingerprint density at radius 3 is 1.03 bits per heavy atom. The van der Waals surface area contributed by atoms with E-state index in [1.165, 1.54) is 43.6 Å². The van der Waals surface area contributed by atoms with Crippen LogP contribution in [0.1, 0.15) is 5.56 Å². The fraction of sp³-hybridized carbons (Fsp3) is 0. The molecule has 306 valence electrons. The van der Waals surface area contributed by atoms with Crippen LogP contribution in [0, 0.1) is 17.9 Å². The van der Waals surface area contributed by atoms with E-state index in [0.29, 0.717) is 11.3 Å². The number of hydrogen-bond donors (Lipinski definition) is 0. The zero-order chi connectivity index (χ0) is 43.9. The van der Waals surface area contributed by atoms with E-state index < -0.39 is 0 Å². The lowest BCUT2D eigenvalue weighted by atomic mass is 10.1. The molecule has 13 rings (SSSR count). The highest BCUT2D eigenvalue weighted by Crippen LogP contribution is 2.40. The normalized spacial score (nSPS) is 11.6. The number of para-hydroxylation sites is 4. The second-order valence-electron chi connectivity index (χ2n) is 16.8. The summed E-state index contributed by atoms with van der Waals surface area (Å²) in [4.78, 5) is 3.68. The lowest BCUT2D eigenvalue weighted by Gasteiger charge is -2.15. The van der Waals surface area contributed by atoms with Crippen molar-refractivity contribution in [3.63, 3.8) is 0 Å². The van der Waals surface area contributed by atoms with Gasteiger partial charge in [-0.1, -0.05) is 109 Å². The molecule has 0 aliphatic heterocycles. The molecule has 66 heavy (non-hydrogen) atoms. The van der Waals surface area contributed by atoms with E-state index in [4.69, 9.17) is 6.57 Å². The maximum Gasteiger partial charge on any atom is 0.187 e. The van der Waals surface area contributed by atoms with Crippen molar-refractivity contribution < 1.29 is 0 Å². The number of benzene rings is 9. The van der Waals surface area contributed by atoms with Gasteiger partial charge in [0, 0.05) is 55.1 Å². The molecule has 4 aromatic heterocycles. The highest BCUT2D eigenvalue weighted by Gasteiger charge is 2.20. The minimum absolute atomic E-state index is 0.608. The lowest BCUT2D eigenvalue weighted by Crippen LogP contribution is -1.99. The first-order valence-corrected chi connectivity index (χ1v) is 22.0. The van der Waals surface area contributed by atoms with Gasteiger partial charge >= 0.3 is 0 Å². The molecule has 0 fully saturated rings. The summed E-state index contributed by atoms with van der Waals surface area (Å²) in [5, 5.41) is 16.8. The van der Waals surface area contributed by atoms with Gasteiger partial charge in [0.25, 0.3) is 0 Å². The van der Waals surface area contributed by atoms with Crippen LogP contribution < -0.4 is 0 Å². The fourth-order valence-corrected chi connectivity index (χ4v) is 10.2. The standard InChI is InChI=1S/C60H36N6/c1-62-44-24-22-41(23-25-44)58-35-43-37-59-42(36-60(43)66(58)48-32-28-46(29-33-48)64-55-16-8-4-12-51(55)52-13-5-9-17-56(52)64)34-57(40-20-18-39(38-61)19-21-40)65(59)47-30-26-45(27-31-47)63-53-14-6-2-10-49(53)50-11-3-7-15-54(50)63/h2-37H. The van der Waals surface area contributed by atoms with Crippen molar-refractivity contribution in [2.75, 3.05) is 0 Å². The van der Waals surface area contributed by atoms with Crippen molar-refractivity contribution in [1.29, 1.82) is 5.26 Å². The fourth-order valence-electron chi connectivity index (χ4n) is 10.2. The van der Waals surface area contributed by atoms with E-state index in [-0.39, 0.29) is 0 Å². The molecule has 4 heterocycles. The van der Waals surface area contributed by atoms with Gasteiger partial charge in [-0.3, -0.25) is 0 Å². The predicted molar refractivity (Wildman–Crippen MR) is 271 cm³/mol. The van der Waals surface area contributed by atoms with Crippen LogP contribution in [-0.2, 0) is 0 Å². The highest BCUT2D eigenvalue weighted by molar-refractivity contribution is 6.10. The van der Waals surface area contributed by atoms with Crippen LogP contribution in [-0.4, -0.2) is 18.3 Å². The van der Waals surface area contributed by atoms with Crippen molar-refractivity contribution in [2.45, 2.75) is 0 Å². The molecule has 0 spiro atoms. The minimum Gasteiger partial charge on any atom is -0.309 e. The Labute approximate surface area is 379 Å². The molecule has 0 bridgehead atoms. The number of aromatic nitrogens is 4. The Morgan fingerprint density at radius 1 is 0.348 bits per heavy atom. The van der Waals surface area contributed by atoms with Gasteiger partial charge in [-0.2, -0.15) is 5.26 Å². The zero-order valence-corrected chi connectivity index (χ0v) is 35.5. The van der Waals surface area contributed by atoms with E-state index in [0.717, 1.165) is 67.1 Å². The topological polar surface area (TPSA) is 47.9 Å². The Bertz CT molecular complexity index is 3770. The molecule has 0 radical (unpaired) electrons. The van der Waals surface area contributed by atoms with Crippen molar-refractivity contribution in [3.8, 4) is 51.3 Å². The summed E-state index contributed by atoms with van der Waals surface area (Å²) in [5.74, 6) is 0. The monoisotopic (exact) mass is 840 g/mol. The van der Waals surface area contributed by atoms with E-state index in [9.17, 15) is 5.26 Å². The van der Waals surface area contributed by atoms with Gasteiger partial charge in [-0.25, -0.2) is 4.85 Å². The maximum atomic E-state index is 9.69. The number of fused-ring (bicyclic) bond motifs is 8. The Morgan fingerprint density at radius 2 is 0.682 bits per heavy atom. The van der Waals surface area contributed by atoms with E-state index in [2.05, 4.69) is 199 Å². The van der Waals surface area contributed by atoms with Gasteiger partial charge in [0.15, 0.2) is 5.69 Å². The van der Waals surface area contributed by atoms with Crippen molar-refractivity contribution in [3.05, 3.63) is 235 Å². The quantitative estimate of drug-likeness (QED) is 0.154. The molecular formula is C60H36N6. The molecule has 6 nitrogen and oxygen atoms in total. The smallest absolute Gasteiger partial charge is 0.187 e. The van der Waals surface area contributed by atoms with Gasteiger partial charge in [0.1, 0.15) is 0 Å². The average Bonchev–Trinajstić information content (AvgIpc) is 4.14. The first-order valence-electron chi connectivity index (χ1n) is 22.0. The third-order valence-electron chi connectivity index (χ3n) is 13.2. The summed E-state index contributed by atoms with van der Waals surface area (Å²) >= 11 is 0. The summed E-state index contributed by atoms with van der Waals surface area (Å²) in [6, 6.07) is 79.3. The predicted octanol–water partition coefficient (Wildman–Crippen LogP) is 15.5. The highest BCUT2D eigenvalue weighted by atomic mass is 15.0. The molecule has 6 heteroatoms. The second kappa shape index (κ2) is 14.6. The van der Waals surface area contributed by atoms with Crippen LogP contribution in [0.4, 0.5) is 5.69 Å². The average molecular weight is 841 g/mol. The van der Waals surface area contributed by atoms with E-state index in [1.807, 2.05) is 48.5 Å². The minimum atomic E-state index is 0.608. The van der Waals surface area contributed by atoms with Crippen molar-refractivity contribution in [2.24, 2.45) is 0 Å². The Balaban J connectivity index is 1.00. The van der Waals surface area contributed by atoms with Gasteiger partial charge in [0.2, 0.25) is 0 Å². The Hall–Kier alpha value is -9.36. The van der Waals surface area contributed by atoms with Crippen molar-refractivity contribution in [1.82, 2.24) is 18.3 Å². The van der Waals surface area contributed by atoms with Gasteiger partial charge < -0.3 is 18.3 Å². The van der Waals surface area contributed by atoms with Gasteiger partial charge in [-0.15, -0.1) is 0 Å². The van der Waals surface area contributed by atoms with E-state index >= 15 is 0 Å². The third-order valence-corrected chi connectivity index (χ3v) is 13.2. The van der Waals surface area contributed by atoms with Crippen LogP contribution in [0.25, 0.3) is 116 Å². The van der Waals surface area contributed by atoms with Crippen LogP contribution in [0.2, 0.25) is 0 Å². The SMILES string of the molecule is [C-]#[N+]c1ccc(-c2cc3cc4c(cc(-c5ccc(C#N)cc5)n4-c4ccc(-n5c6ccccc6c6ccccc65)cc4)cc3n2-c2ccc(-n3c4ccccc4c4ccccc43)cc2)cc1. The number of nitrogens with zero attached hydrogens (tertiary/aromatic N) is 6. The largest absolute Gasteiger partial charge is 0.309 e.